The van der Waals surface area contributed by atoms with E-state index < -0.39 is 9.84 Å². The van der Waals surface area contributed by atoms with Gasteiger partial charge in [-0.05, 0) is 29.8 Å². The molecular weight excluding hydrogens is 340 g/mol. The first-order valence-electron chi connectivity index (χ1n) is 8.31. The summed E-state index contributed by atoms with van der Waals surface area (Å²) in [4.78, 5) is 23.6. The van der Waals surface area contributed by atoms with E-state index in [4.69, 9.17) is 0 Å². The van der Waals surface area contributed by atoms with E-state index in [1.54, 1.807) is 35.6 Å². The van der Waals surface area contributed by atoms with E-state index in [2.05, 4.69) is 14.9 Å². The number of carbonyl (C=O) groups excluding carboxylic acids is 1. The van der Waals surface area contributed by atoms with Crippen molar-refractivity contribution in [1.82, 2.24) is 19.8 Å². The molecule has 8 heteroatoms. The molecule has 2 aromatic heterocycles. The van der Waals surface area contributed by atoms with Crippen molar-refractivity contribution in [2.75, 3.05) is 24.6 Å². The molecule has 7 nitrogen and oxygen atoms in total. The predicted molar refractivity (Wildman–Crippen MR) is 92.7 cm³/mol. The van der Waals surface area contributed by atoms with Crippen molar-refractivity contribution in [1.29, 1.82) is 0 Å². The number of nitrogens with zero attached hydrogens (tertiary/aromatic N) is 3. The summed E-state index contributed by atoms with van der Waals surface area (Å²) in [5.74, 6) is 0.0227. The van der Waals surface area contributed by atoms with E-state index in [0.717, 1.165) is 5.56 Å². The van der Waals surface area contributed by atoms with Gasteiger partial charge in [-0.2, -0.15) is 0 Å². The third kappa shape index (κ3) is 3.19. The van der Waals surface area contributed by atoms with Crippen LogP contribution in [0.25, 0.3) is 0 Å². The average Bonchev–Trinajstić information content (AvgIpc) is 3.22. The van der Waals surface area contributed by atoms with E-state index in [0.29, 0.717) is 25.3 Å². The lowest BCUT2D eigenvalue weighted by Gasteiger charge is -2.43. The van der Waals surface area contributed by atoms with Crippen molar-refractivity contribution >= 4 is 15.7 Å². The number of nitrogens with one attached hydrogen (secondary N) is 1. The molecule has 4 rings (SSSR count). The van der Waals surface area contributed by atoms with Crippen LogP contribution >= 0.6 is 0 Å². The van der Waals surface area contributed by atoms with Crippen LogP contribution in [0.3, 0.4) is 0 Å². The molecule has 2 aliphatic rings. The fraction of sp³-hybridized carbons (Fsp3) is 0.412. The van der Waals surface area contributed by atoms with Crippen molar-refractivity contribution in [3.63, 3.8) is 0 Å². The molecular formula is C17H20N4O3S. The standard InChI is InChI=1S/C17H20N4O3S/c22-17(14-2-1-5-19-14)21-9-8-20(10-13-3-6-18-7-4-13)15-11-25(23,24)12-16(15)21/h1-7,15-16,19H,8-12H2. The molecule has 1 amide bonds. The van der Waals surface area contributed by atoms with Crippen molar-refractivity contribution in [2.24, 2.45) is 0 Å². The molecule has 0 bridgehead atoms. The van der Waals surface area contributed by atoms with Gasteiger partial charge < -0.3 is 9.88 Å². The highest BCUT2D eigenvalue weighted by molar-refractivity contribution is 7.91. The number of aromatic amines is 1. The molecule has 2 aromatic rings. The summed E-state index contributed by atoms with van der Waals surface area (Å²) in [6.45, 7) is 1.86. The van der Waals surface area contributed by atoms with Gasteiger partial charge in [0.15, 0.2) is 9.84 Å². The van der Waals surface area contributed by atoms with Gasteiger partial charge in [-0.25, -0.2) is 8.42 Å². The summed E-state index contributed by atoms with van der Waals surface area (Å²) < 4.78 is 24.5. The molecule has 25 heavy (non-hydrogen) atoms. The highest BCUT2D eigenvalue weighted by atomic mass is 32.2. The first-order chi connectivity index (χ1) is 12.0. The van der Waals surface area contributed by atoms with Crippen LogP contribution < -0.4 is 0 Å². The number of piperazine rings is 1. The summed E-state index contributed by atoms with van der Waals surface area (Å²) in [6, 6.07) is 6.92. The minimum absolute atomic E-state index is 0.0387. The van der Waals surface area contributed by atoms with Gasteiger partial charge in [0, 0.05) is 44.3 Å². The fourth-order valence-corrected chi connectivity index (χ4v) is 5.83. The monoisotopic (exact) mass is 360 g/mol. The summed E-state index contributed by atoms with van der Waals surface area (Å²) in [5.41, 5.74) is 1.60. The van der Waals surface area contributed by atoms with Crippen LogP contribution in [0, 0.1) is 0 Å². The van der Waals surface area contributed by atoms with E-state index in [9.17, 15) is 13.2 Å². The van der Waals surface area contributed by atoms with Crippen LogP contribution in [0.15, 0.2) is 42.9 Å². The zero-order valence-corrected chi connectivity index (χ0v) is 14.5. The summed E-state index contributed by atoms with van der Waals surface area (Å²) in [6.07, 6.45) is 5.18. The molecule has 0 aromatic carbocycles. The number of hydrogen-bond acceptors (Lipinski definition) is 5. The van der Waals surface area contributed by atoms with Gasteiger partial charge in [0.05, 0.1) is 17.5 Å². The number of amides is 1. The Morgan fingerprint density at radius 2 is 1.92 bits per heavy atom. The Hall–Kier alpha value is -2.19. The van der Waals surface area contributed by atoms with Gasteiger partial charge in [0.1, 0.15) is 5.69 Å². The SMILES string of the molecule is O=C(c1ccc[nH]1)N1CCN(Cc2ccncc2)C2CS(=O)(=O)CC21. The second kappa shape index (κ2) is 6.27. The van der Waals surface area contributed by atoms with Crippen molar-refractivity contribution in [2.45, 2.75) is 18.6 Å². The highest BCUT2D eigenvalue weighted by Crippen LogP contribution is 2.29. The molecule has 2 fully saturated rings. The van der Waals surface area contributed by atoms with Crippen LogP contribution in [0.2, 0.25) is 0 Å². The number of carbonyl (C=O) groups is 1. The minimum atomic E-state index is -3.15. The Bertz CT molecular complexity index is 851. The van der Waals surface area contributed by atoms with Crippen molar-refractivity contribution in [3.8, 4) is 0 Å². The minimum Gasteiger partial charge on any atom is -0.357 e. The summed E-state index contributed by atoms with van der Waals surface area (Å²) in [5, 5.41) is 0. The molecule has 0 aliphatic carbocycles. The van der Waals surface area contributed by atoms with Gasteiger partial charge in [0.2, 0.25) is 0 Å². The smallest absolute Gasteiger partial charge is 0.270 e. The molecule has 1 N–H and O–H groups in total. The zero-order valence-electron chi connectivity index (χ0n) is 13.7. The maximum Gasteiger partial charge on any atom is 0.270 e. The number of H-pyrrole nitrogens is 1. The zero-order chi connectivity index (χ0) is 17.4. The number of sulfone groups is 1. The highest BCUT2D eigenvalue weighted by Gasteiger charge is 2.48. The Balaban J connectivity index is 1.59. The maximum absolute atomic E-state index is 12.8. The molecule has 132 valence electrons. The second-order valence-corrected chi connectivity index (χ2v) is 8.77. The Morgan fingerprint density at radius 1 is 1.16 bits per heavy atom. The summed E-state index contributed by atoms with van der Waals surface area (Å²) >= 11 is 0. The topological polar surface area (TPSA) is 86.4 Å². The second-order valence-electron chi connectivity index (χ2n) is 6.62. The molecule has 2 unspecified atom stereocenters. The molecule has 2 aliphatic heterocycles. The molecule has 2 atom stereocenters. The Kier molecular flexibility index (Phi) is 4.09. The molecule has 0 saturated carbocycles. The first-order valence-corrected chi connectivity index (χ1v) is 10.1. The van der Waals surface area contributed by atoms with Gasteiger partial charge in [0.25, 0.3) is 5.91 Å². The maximum atomic E-state index is 12.8. The normalized spacial score (nSPS) is 25.7. The lowest BCUT2D eigenvalue weighted by atomic mass is 10.0. The molecule has 0 spiro atoms. The van der Waals surface area contributed by atoms with Gasteiger partial charge in [-0.3, -0.25) is 14.7 Å². The van der Waals surface area contributed by atoms with E-state index >= 15 is 0 Å². The number of fused-ring (bicyclic) bond motifs is 1. The largest absolute Gasteiger partial charge is 0.357 e. The Labute approximate surface area is 146 Å². The summed E-state index contributed by atoms with van der Waals surface area (Å²) in [7, 11) is -3.15. The molecule has 4 heterocycles. The first kappa shape index (κ1) is 16.3. The van der Waals surface area contributed by atoms with Crippen molar-refractivity contribution < 1.29 is 13.2 Å². The molecule has 0 radical (unpaired) electrons. The molecule has 2 saturated heterocycles. The average molecular weight is 360 g/mol. The van der Waals surface area contributed by atoms with Crippen LogP contribution in [0.5, 0.6) is 0 Å². The van der Waals surface area contributed by atoms with Crippen LogP contribution in [-0.4, -0.2) is 70.8 Å². The predicted octanol–water partition coefficient (Wildman–Crippen LogP) is 0.533. The number of pyridine rings is 1. The van der Waals surface area contributed by atoms with Gasteiger partial charge in [-0.1, -0.05) is 0 Å². The third-order valence-electron chi connectivity index (χ3n) is 5.02. The van der Waals surface area contributed by atoms with E-state index in [1.165, 1.54) is 0 Å². The van der Waals surface area contributed by atoms with E-state index in [-0.39, 0.29) is 29.5 Å². The fourth-order valence-electron chi connectivity index (χ4n) is 3.81. The lowest BCUT2D eigenvalue weighted by molar-refractivity contribution is 0.0302. The lowest BCUT2D eigenvalue weighted by Crippen LogP contribution is -2.60. The number of aromatic nitrogens is 2. The third-order valence-corrected chi connectivity index (χ3v) is 6.71. The Morgan fingerprint density at radius 3 is 2.64 bits per heavy atom. The van der Waals surface area contributed by atoms with Crippen LogP contribution in [0.1, 0.15) is 16.1 Å². The van der Waals surface area contributed by atoms with Crippen LogP contribution in [-0.2, 0) is 16.4 Å². The van der Waals surface area contributed by atoms with E-state index in [1.807, 2.05) is 12.1 Å². The van der Waals surface area contributed by atoms with Crippen molar-refractivity contribution in [3.05, 3.63) is 54.1 Å². The number of rotatable bonds is 3. The quantitative estimate of drug-likeness (QED) is 0.863. The van der Waals surface area contributed by atoms with Gasteiger partial charge in [-0.15, -0.1) is 0 Å². The number of hydrogen-bond donors (Lipinski definition) is 1. The van der Waals surface area contributed by atoms with Gasteiger partial charge >= 0.3 is 0 Å². The van der Waals surface area contributed by atoms with Crippen LogP contribution in [0.4, 0.5) is 0 Å².